The normalized spacial score (nSPS) is 21.9. The number of para-hydroxylation sites is 1. The average Bonchev–Trinajstić information content (AvgIpc) is 3.14. The number of ether oxygens (including phenoxy) is 1. The van der Waals surface area contributed by atoms with Gasteiger partial charge in [-0.15, -0.1) is 0 Å². The largest absolute Gasteiger partial charge is 0.507 e. The maximum absolute atomic E-state index is 11.4. The van der Waals surface area contributed by atoms with Gasteiger partial charge in [0, 0.05) is 31.7 Å². The van der Waals surface area contributed by atoms with Gasteiger partial charge in [0.2, 0.25) is 0 Å². The van der Waals surface area contributed by atoms with Gasteiger partial charge in [0.15, 0.2) is 0 Å². The highest BCUT2D eigenvalue weighted by Crippen LogP contribution is 2.51. The van der Waals surface area contributed by atoms with E-state index < -0.39 is 12.1 Å². The monoisotopic (exact) mass is 413 g/mol. The number of benzene rings is 2. The number of rotatable bonds is 2. The molecule has 2 aromatic carbocycles. The number of aromatic hydroxyl groups is 1. The lowest BCUT2D eigenvalue weighted by Gasteiger charge is -2.32. The van der Waals surface area contributed by atoms with Crippen LogP contribution in [0, 0.1) is 0 Å². The van der Waals surface area contributed by atoms with Crippen LogP contribution in [0.2, 0.25) is 0 Å². The smallest absolute Gasteiger partial charge is 0.412 e. The minimum Gasteiger partial charge on any atom is -0.507 e. The van der Waals surface area contributed by atoms with Gasteiger partial charge in [0.1, 0.15) is 17.1 Å². The lowest BCUT2D eigenvalue weighted by atomic mass is 9.81. The quantitative estimate of drug-likeness (QED) is 0.696. The van der Waals surface area contributed by atoms with E-state index in [-0.39, 0.29) is 16.7 Å². The number of hydrogen-bond acceptors (Lipinski definition) is 6. The Bertz CT molecular complexity index is 964. The van der Waals surface area contributed by atoms with Crippen LogP contribution >= 0.6 is 0 Å². The van der Waals surface area contributed by atoms with Crippen LogP contribution in [0.4, 0.5) is 10.5 Å². The molecule has 30 heavy (non-hydrogen) atoms. The van der Waals surface area contributed by atoms with Crippen molar-refractivity contribution < 1.29 is 24.5 Å². The van der Waals surface area contributed by atoms with E-state index >= 15 is 0 Å². The van der Waals surface area contributed by atoms with Crippen molar-refractivity contribution >= 4 is 17.7 Å². The highest BCUT2D eigenvalue weighted by molar-refractivity contribution is 5.90. The number of aromatic carboxylic acids is 1. The van der Waals surface area contributed by atoms with E-state index in [1.807, 2.05) is 18.2 Å². The Balaban J connectivity index is 0.000000216. The van der Waals surface area contributed by atoms with E-state index in [0.717, 1.165) is 13.0 Å². The summed E-state index contributed by atoms with van der Waals surface area (Å²) in [5.74, 6) is -0.707. The van der Waals surface area contributed by atoms with Gasteiger partial charge >= 0.3 is 12.1 Å². The Morgan fingerprint density at radius 3 is 2.50 bits per heavy atom. The van der Waals surface area contributed by atoms with Gasteiger partial charge in [-0.05, 0) is 49.4 Å². The Morgan fingerprint density at radius 2 is 1.90 bits per heavy atom. The number of nitrogens with one attached hydrogen (secondary N) is 1. The minimum atomic E-state index is -1.11. The number of carbonyl (C=O) groups is 2. The summed E-state index contributed by atoms with van der Waals surface area (Å²) in [6, 6.07) is 11.7. The van der Waals surface area contributed by atoms with Crippen LogP contribution in [0.1, 0.15) is 29.3 Å². The molecule has 0 aliphatic carbocycles. The van der Waals surface area contributed by atoms with Crippen molar-refractivity contribution in [3.63, 3.8) is 0 Å². The van der Waals surface area contributed by atoms with Gasteiger partial charge in [-0.3, -0.25) is 4.90 Å². The molecule has 2 aromatic rings. The molecule has 0 radical (unpaired) electrons. The van der Waals surface area contributed by atoms with Gasteiger partial charge in [0.05, 0.1) is 6.17 Å². The van der Waals surface area contributed by atoms with Crippen molar-refractivity contribution in [1.82, 2.24) is 10.2 Å². The minimum absolute atomic E-state index is 0.0671. The molecule has 2 heterocycles. The predicted molar refractivity (Wildman–Crippen MR) is 113 cm³/mol. The highest BCUT2D eigenvalue weighted by Gasteiger charge is 2.52. The maximum Gasteiger partial charge on any atom is 0.412 e. The van der Waals surface area contributed by atoms with Crippen LogP contribution in [-0.4, -0.2) is 61.0 Å². The Kier molecular flexibility index (Phi) is 5.89. The molecule has 0 saturated carbocycles. The van der Waals surface area contributed by atoms with Crippen LogP contribution in [0.15, 0.2) is 42.5 Å². The Hall–Kier alpha value is -3.26. The number of nitrogens with zero attached hydrogens (tertiary/aromatic N) is 2. The summed E-state index contributed by atoms with van der Waals surface area (Å²) in [7, 11) is 5.86. The maximum atomic E-state index is 11.4. The molecule has 4 rings (SSSR count). The summed E-state index contributed by atoms with van der Waals surface area (Å²) >= 11 is 0. The molecule has 0 spiro atoms. The second-order valence-corrected chi connectivity index (χ2v) is 7.77. The van der Waals surface area contributed by atoms with Crippen molar-refractivity contribution in [3.8, 4) is 11.5 Å². The molecule has 8 nitrogen and oxygen atoms in total. The summed E-state index contributed by atoms with van der Waals surface area (Å²) in [6.45, 7) is 3.39. The first-order chi connectivity index (χ1) is 14.2. The molecular weight excluding hydrogens is 386 g/mol. The van der Waals surface area contributed by atoms with E-state index in [4.69, 9.17) is 14.9 Å². The van der Waals surface area contributed by atoms with Crippen LogP contribution in [0.5, 0.6) is 11.5 Å². The van der Waals surface area contributed by atoms with Crippen LogP contribution in [0.3, 0.4) is 0 Å². The predicted octanol–water partition coefficient (Wildman–Crippen LogP) is 2.86. The number of carboxylic acids is 1. The number of likely N-dealkylation sites (tertiary alicyclic amines) is 1. The molecular formula is C22H27N3O5. The standard InChI is InChI=1S/C15H21N3O2.C7H6O3/c1-15-7-8-17(3)13(15)18(4)12-6-5-10(9-11(12)15)20-14(19)16-2;8-6-4-2-1-3-5(6)7(9)10/h5-6,9,13H,7-8H2,1-4H3,(H,16,19);1-4,8H,(H,9,10)/t13-,15+;/m1./s1. The molecule has 0 unspecified atom stereocenters. The third-order valence-corrected chi connectivity index (χ3v) is 5.85. The van der Waals surface area contributed by atoms with Crippen molar-refractivity contribution in [1.29, 1.82) is 0 Å². The molecule has 160 valence electrons. The van der Waals surface area contributed by atoms with Crippen LogP contribution in [-0.2, 0) is 5.41 Å². The van der Waals surface area contributed by atoms with E-state index in [1.54, 1.807) is 19.2 Å². The first kappa shape index (κ1) is 21.4. The average molecular weight is 413 g/mol. The zero-order chi connectivity index (χ0) is 22.1. The molecule has 8 heteroatoms. The van der Waals surface area contributed by atoms with Gasteiger partial charge < -0.3 is 25.2 Å². The number of likely N-dealkylation sites (N-methyl/N-ethyl adjacent to an activating group) is 2. The summed E-state index contributed by atoms with van der Waals surface area (Å²) in [5.41, 5.74) is 2.53. The fraction of sp³-hybridized carbons (Fsp3) is 0.364. The van der Waals surface area contributed by atoms with Gasteiger partial charge in [-0.25, -0.2) is 9.59 Å². The zero-order valence-corrected chi connectivity index (χ0v) is 17.5. The topological polar surface area (TPSA) is 102 Å². The molecule has 0 aromatic heterocycles. The summed E-state index contributed by atoms with van der Waals surface area (Å²) in [6.07, 6.45) is 1.07. The number of anilines is 1. The third-order valence-electron chi connectivity index (χ3n) is 5.85. The number of carboxylic acid groups (broad SMARTS) is 1. The SMILES string of the molecule is CNC(=O)Oc1ccc2c(c1)[C@]1(C)CCN(C)[C@@H]1N2C.O=C(O)c1ccccc1O. The summed E-state index contributed by atoms with van der Waals surface area (Å²) in [5, 5.41) is 19.8. The Morgan fingerprint density at radius 1 is 1.20 bits per heavy atom. The summed E-state index contributed by atoms with van der Waals surface area (Å²) in [4.78, 5) is 26.3. The highest BCUT2D eigenvalue weighted by atomic mass is 16.5. The molecule has 1 saturated heterocycles. The van der Waals surface area contributed by atoms with Gasteiger partial charge in [-0.1, -0.05) is 19.1 Å². The lowest BCUT2D eigenvalue weighted by molar-refractivity contribution is 0.0693. The van der Waals surface area contributed by atoms with E-state index in [2.05, 4.69) is 36.1 Å². The van der Waals surface area contributed by atoms with Crippen molar-refractivity contribution in [3.05, 3.63) is 53.6 Å². The molecule has 3 N–H and O–H groups in total. The number of hydrogen-bond donors (Lipinski definition) is 3. The second kappa shape index (κ2) is 8.23. The fourth-order valence-corrected chi connectivity index (χ4v) is 4.43. The molecule has 2 aliphatic rings. The van der Waals surface area contributed by atoms with E-state index in [1.165, 1.54) is 23.4 Å². The Labute approximate surface area is 175 Å². The second-order valence-electron chi connectivity index (χ2n) is 7.77. The van der Waals surface area contributed by atoms with Gasteiger partial charge in [0.25, 0.3) is 0 Å². The zero-order valence-electron chi connectivity index (χ0n) is 17.5. The number of phenols is 1. The van der Waals surface area contributed by atoms with Crippen molar-refractivity contribution in [2.24, 2.45) is 0 Å². The van der Waals surface area contributed by atoms with Crippen LogP contribution < -0.4 is 15.0 Å². The van der Waals surface area contributed by atoms with E-state index in [9.17, 15) is 9.59 Å². The molecule has 2 atom stereocenters. The molecule has 2 aliphatic heterocycles. The number of fused-ring (bicyclic) bond motifs is 3. The number of carbonyl (C=O) groups excluding carboxylic acids is 1. The molecule has 1 amide bonds. The van der Waals surface area contributed by atoms with Gasteiger partial charge in [-0.2, -0.15) is 0 Å². The van der Waals surface area contributed by atoms with Crippen LogP contribution in [0.25, 0.3) is 0 Å². The van der Waals surface area contributed by atoms with Crippen molar-refractivity contribution in [2.45, 2.75) is 24.9 Å². The lowest BCUT2D eigenvalue weighted by Crippen LogP contribution is -2.45. The fourth-order valence-electron chi connectivity index (χ4n) is 4.43. The molecule has 1 fully saturated rings. The molecule has 0 bridgehead atoms. The first-order valence-electron chi connectivity index (χ1n) is 9.67. The third kappa shape index (κ3) is 3.78. The van der Waals surface area contributed by atoms with Crippen molar-refractivity contribution in [2.75, 3.05) is 32.6 Å². The van der Waals surface area contributed by atoms with E-state index in [0.29, 0.717) is 11.9 Å². The first-order valence-corrected chi connectivity index (χ1v) is 9.67. The summed E-state index contributed by atoms with van der Waals surface area (Å²) < 4.78 is 5.26. The number of amides is 1.